The zero-order valence-corrected chi connectivity index (χ0v) is 16.7. The lowest BCUT2D eigenvalue weighted by Gasteiger charge is -2.12. The van der Waals surface area contributed by atoms with Gasteiger partial charge in [0.15, 0.2) is 11.5 Å². The van der Waals surface area contributed by atoms with Crippen molar-refractivity contribution in [2.24, 2.45) is 0 Å². The number of hydrogen-bond donors (Lipinski definition) is 0. The van der Waals surface area contributed by atoms with Crippen LogP contribution in [0, 0.1) is 10.1 Å². The number of nitro benzene ring substituents is 1. The summed E-state index contributed by atoms with van der Waals surface area (Å²) >= 11 is 5.87. The predicted molar refractivity (Wildman–Crippen MR) is 106 cm³/mol. The number of hydrogen-bond acceptors (Lipinski definition) is 8. The second kappa shape index (κ2) is 8.78. The van der Waals surface area contributed by atoms with Crippen molar-refractivity contribution < 1.29 is 23.9 Å². The topological polar surface area (TPSA) is 122 Å². The maximum absolute atomic E-state index is 12.5. The number of ether oxygens (including phenoxy) is 3. The molecule has 0 N–H and O–H groups in total. The van der Waals surface area contributed by atoms with E-state index in [2.05, 4.69) is 4.98 Å². The molecule has 0 aliphatic heterocycles. The van der Waals surface area contributed by atoms with Crippen molar-refractivity contribution >= 4 is 28.9 Å². The molecule has 30 heavy (non-hydrogen) atoms. The van der Waals surface area contributed by atoms with Gasteiger partial charge in [-0.05, 0) is 19.1 Å². The van der Waals surface area contributed by atoms with Crippen LogP contribution in [0.5, 0.6) is 11.5 Å². The highest BCUT2D eigenvalue weighted by Crippen LogP contribution is 2.35. The molecule has 0 fully saturated rings. The third-order valence-corrected chi connectivity index (χ3v) is 4.25. The Morgan fingerprint density at radius 3 is 2.70 bits per heavy atom. The van der Waals surface area contributed by atoms with Gasteiger partial charge in [0.2, 0.25) is 0 Å². The molecule has 0 unspecified atom stereocenters. The molecule has 0 spiro atoms. The van der Waals surface area contributed by atoms with Crippen molar-refractivity contribution in [1.82, 2.24) is 9.38 Å². The van der Waals surface area contributed by atoms with Crippen LogP contribution < -0.4 is 15.0 Å². The third-order valence-electron chi connectivity index (χ3n) is 4.03. The number of fused-ring (bicyclic) bond motifs is 1. The van der Waals surface area contributed by atoms with Crippen LogP contribution in [0.15, 0.2) is 41.3 Å². The highest BCUT2D eigenvalue weighted by molar-refractivity contribution is 6.30. The molecule has 156 valence electrons. The van der Waals surface area contributed by atoms with E-state index in [1.165, 1.54) is 35.9 Å². The van der Waals surface area contributed by atoms with Crippen molar-refractivity contribution in [2.45, 2.75) is 13.5 Å². The number of esters is 1. The molecule has 2 aromatic heterocycles. The van der Waals surface area contributed by atoms with Crippen LogP contribution in [0.1, 0.15) is 23.0 Å². The van der Waals surface area contributed by atoms with Gasteiger partial charge in [0.25, 0.3) is 11.2 Å². The summed E-state index contributed by atoms with van der Waals surface area (Å²) < 4.78 is 16.9. The van der Waals surface area contributed by atoms with E-state index in [1.54, 1.807) is 13.0 Å². The second-order valence-corrected chi connectivity index (χ2v) is 6.38. The van der Waals surface area contributed by atoms with Crippen molar-refractivity contribution in [2.75, 3.05) is 13.7 Å². The summed E-state index contributed by atoms with van der Waals surface area (Å²) in [6.45, 7) is 1.62. The molecule has 0 atom stereocenters. The summed E-state index contributed by atoms with van der Waals surface area (Å²) in [4.78, 5) is 39.6. The lowest BCUT2D eigenvalue weighted by molar-refractivity contribution is -0.385. The molecule has 0 aliphatic rings. The van der Waals surface area contributed by atoms with Gasteiger partial charge in [-0.3, -0.25) is 19.3 Å². The molecular formula is C19H16ClN3O7. The number of pyridine rings is 1. The van der Waals surface area contributed by atoms with Crippen LogP contribution in [-0.4, -0.2) is 34.0 Å². The molecule has 0 saturated heterocycles. The second-order valence-electron chi connectivity index (χ2n) is 5.95. The fraction of sp³-hybridized carbons (Fsp3) is 0.211. The lowest BCUT2D eigenvalue weighted by Crippen LogP contribution is -2.17. The van der Waals surface area contributed by atoms with E-state index in [1.807, 2.05) is 0 Å². The van der Waals surface area contributed by atoms with E-state index in [0.717, 1.165) is 6.07 Å². The van der Waals surface area contributed by atoms with Crippen molar-refractivity contribution in [3.05, 3.63) is 73.3 Å². The summed E-state index contributed by atoms with van der Waals surface area (Å²) in [5.41, 5.74) is -0.735. The van der Waals surface area contributed by atoms with Crippen LogP contribution in [0.25, 0.3) is 5.65 Å². The van der Waals surface area contributed by atoms with Crippen LogP contribution in [0.2, 0.25) is 5.02 Å². The van der Waals surface area contributed by atoms with Crippen LogP contribution >= 0.6 is 11.6 Å². The first-order chi connectivity index (χ1) is 14.3. The number of carbonyl (C=O) groups excluding carboxylic acids is 1. The zero-order chi connectivity index (χ0) is 21.8. The molecule has 0 saturated carbocycles. The molecule has 3 rings (SSSR count). The monoisotopic (exact) mass is 433 g/mol. The van der Waals surface area contributed by atoms with Gasteiger partial charge in [-0.25, -0.2) is 9.78 Å². The lowest BCUT2D eigenvalue weighted by atomic mass is 10.1. The quantitative estimate of drug-likeness (QED) is 0.316. The summed E-state index contributed by atoms with van der Waals surface area (Å²) in [6, 6.07) is 6.57. The Labute approximate surface area is 174 Å². The number of methoxy groups -OCH3 is 1. The van der Waals surface area contributed by atoms with E-state index < -0.39 is 22.1 Å². The highest BCUT2D eigenvalue weighted by atomic mass is 35.5. The normalized spacial score (nSPS) is 10.6. The average molecular weight is 434 g/mol. The number of nitro groups is 1. The van der Waals surface area contributed by atoms with Gasteiger partial charge in [-0.1, -0.05) is 11.6 Å². The summed E-state index contributed by atoms with van der Waals surface area (Å²) in [5.74, 6) is -0.692. The number of nitrogens with zero attached hydrogens (tertiary/aromatic N) is 3. The average Bonchev–Trinajstić information content (AvgIpc) is 2.72. The Kier molecular flexibility index (Phi) is 6.17. The minimum atomic E-state index is -0.969. The van der Waals surface area contributed by atoms with Crippen molar-refractivity contribution in [3.63, 3.8) is 0 Å². The molecule has 2 heterocycles. The molecule has 0 amide bonds. The van der Waals surface area contributed by atoms with Crippen LogP contribution in [-0.2, 0) is 11.3 Å². The van der Waals surface area contributed by atoms with Gasteiger partial charge < -0.3 is 14.2 Å². The number of carbonyl (C=O) groups is 1. The third kappa shape index (κ3) is 4.33. The van der Waals surface area contributed by atoms with E-state index >= 15 is 0 Å². The van der Waals surface area contributed by atoms with Crippen molar-refractivity contribution in [1.29, 1.82) is 0 Å². The number of rotatable bonds is 7. The van der Waals surface area contributed by atoms with Gasteiger partial charge in [0, 0.05) is 18.3 Å². The number of halogens is 1. The summed E-state index contributed by atoms with van der Waals surface area (Å²) in [6.07, 6.45) is 1.41. The highest BCUT2D eigenvalue weighted by Gasteiger charge is 2.26. The van der Waals surface area contributed by atoms with Gasteiger partial charge in [-0.2, -0.15) is 0 Å². The summed E-state index contributed by atoms with van der Waals surface area (Å²) in [7, 11) is 1.33. The Balaban J connectivity index is 1.89. The fourth-order valence-electron chi connectivity index (χ4n) is 2.71. The van der Waals surface area contributed by atoms with Gasteiger partial charge in [0.1, 0.15) is 17.8 Å². The number of benzene rings is 1. The Morgan fingerprint density at radius 1 is 1.27 bits per heavy atom. The zero-order valence-electron chi connectivity index (χ0n) is 16.0. The first-order valence-corrected chi connectivity index (χ1v) is 9.06. The van der Waals surface area contributed by atoms with Gasteiger partial charge in [-0.15, -0.1) is 0 Å². The first kappa shape index (κ1) is 21.1. The number of aromatic nitrogens is 2. The predicted octanol–water partition coefficient (Wildman–Crippen LogP) is 3.02. The van der Waals surface area contributed by atoms with Crippen LogP contribution in [0.4, 0.5) is 5.69 Å². The van der Waals surface area contributed by atoms with E-state index in [9.17, 15) is 19.7 Å². The van der Waals surface area contributed by atoms with E-state index in [-0.39, 0.29) is 36.0 Å². The molecule has 0 radical (unpaired) electrons. The Morgan fingerprint density at radius 2 is 2.03 bits per heavy atom. The molecule has 3 aromatic rings. The van der Waals surface area contributed by atoms with E-state index in [0.29, 0.717) is 10.7 Å². The van der Waals surface area contributed by atoms with Crippen molar-refractivity contribution in [3.8, 4) is 11.5 Å². The molecule has 11 heteroatoms. The molecule has 0 aliphatic carbocycles. The van der Waals surface area contributed by atoms with Gasteiger partial charge >= 0.3 is 5.97 Å². The fourth-order valence-corrected chi connectivity index (χ4v) is 2.87. The minimum absolute atomic E-state index is 0.114. The smallest absolute Gasteiger partial charge is 0.345 e. The molecule has 0 bridgehead atoms. The maximum Gasteiger partial charge on any atom is 0.345 e. The largest absolute Gasteiger partial charge is 0.493 e. The van der Waals surface area contributed by atoms with E-state index in [4.69, 9.17) is 25.8 Å². The molecule has 1 aromatic carbocycles. The molecule has 10 nitrogen and oxygen atoms in total. The van der Waals surface area contributed by atoms with Gasteiger partial charge in [0.05, 0.1) is 35.4 Å². The standard InChI is InChI=1S/C19H16ClN3O7/c1-3-29-16-7-13(14(23(26)27)8-15(16)28-2)19(25)30-10-12-6-18(24)22-9-11(20)4-5-17(22)21-12/h4-9H,3,10H2,1-2H3. The van der Waals surface area contributed by atoms with Crippen LogP contribution in [0.3, 0.4) is 0 Å². The minimum Gasteiger partial charge on any atom is -0.493 e. The first-order valence-electron chi connectivity index (χ1n) is 8.68. The summed E-state index contributed by atoms with van der Waals surface area (Å²) in [5, 5.41) is 11.8. The Bertz CT molecular complexity index is 1190. The SMILES string of the molecule is CCOc1cc(C(=O)OCc2cc(=O)n3cc(Cl)ccc3n2)c([N+](=O)[O-])cc1OC. The Hall–Kier alpha value is -3.66. The molecular weight excluding hydrogens is 418 g/mol. The maximum atomic E-state index is 12.5.